The first kappa shape index (κ1) is 18.9. The Labute approximate surface area is 161 Å². The van der Waals surface area contributed by atoms with Crippen LogP contribution >= 0.6 is 24.0 Å². The molecule has 1 unspecified atom stereocenters. The molecule has 136 valence electrons. The van der Waals surface area contributed by atoms with E-state index in [-0.39, 0.29) is 12.4 Å². The third kappa shape index (κ3) is 3.95. The summed E-state index contributed by atoms with van der Waals surface area (Å²) < 4.78 is 0. The number of hydrogen-bond acceptors (Lipinski definition) is 3. The maximum atomic E-state index is 6.62. The fraction of sp³-hybridized carbons (Fsp3) is 0.550. The summed E-state index contributed by atoms with van der Waals surface area (Å²) in [6.07, 6.45) is 5.30. The molecule has 0 aliphatic carbocycles. The van der Waals surface area contributed by atoms with Gasteiger partial charge in [-0.1, -0.05) is 29.8 Å². The van der Waals surface area contributed by atoms with E-state index in [1.54, 1.807) is 0 Å². The number of nitrogens with zero attached hydrogens (tertiary/aromatic N) is 2. The molecule has 2 fully saturated rings. The third-order valence-corrected chi connectivity index (χ3v) is 6.32. The standard InChI is InChI=1S/C20H26ClN3.ClH/c1-14-16-5-2-3-6-18(16)23-19(20(14)21)13-24-11-8-15(9-12-24)17-7-4-10-22-17;/h2-3,5-6,15,17,22H,4,7-13H2,1H3;1H. The summed E-state index contributed by atoms with van der Waals surface area (Å²) in [5.74, 6) is 0.852. The van der Waals surface area contributed by atoms with Gasteiger partial charge in [-0.05, 0) is 69.8 Å². The van der Waals surface area contributed by atoms with Gasteiger partial charge < -0.3 is 5.32 Å². The van der Waals surface area contributed by atoms with Crippen LogP contribution in [0.5, 0.6) is 0 Å². The van der Waals surface area contributed by atoms with Gasteiger partial charge in [0.2, 0.25) is 0 Å². The minimum atomic E-state index is 0. The number of piperidine rings is 1. The fourth-order valence-electron chi connectivity index (χ4n) is 4.36. The Kier molecular flexibility index (Phi) is 6.21. The normalized spacial score (nSPS) is 22.2. The molecule has 0 amide bonds. The van der Waals surface area contributed by atoms with Crippen LogP contribution in [0, 0.1) is 12.8 Å². The second-order valence-electron chi connectivity index (χ2n) is 7.33. The van der Waals surface area contributed by atoms with Gasteiger partial charge in [0.1, 0.15) is 0 Å². The Hall–Kier alpha value is -0.870. The summed E-state index contributed by atoms with van der Waals surface area (Å²) in [4.78, 5) is 7.36. The molecule has 5 heteroatoms. The predicted molar refractivity (Wildman–Crippen MR) is 108 cm³/mol. The lowest BCUT2D eigenvalue weighted by Crippen LogP contribution is -2.40. The molecule has 2 aliphatic rings. The van der Waals surface area contributed by atoms with Crippen LogP contribution in [0.3, 0.4) is 0 Å². The quantitative estimate of drug-likeness (QED) is 0.845. The Morgan fingerprint density at radius 2 is 1.96 bits per heavy atom. The second kappa shape index (κ2) is 8.22. The number of pyridine rings is 1. The van der Waals surface area contributed by atoms with Gasteiger partial charge >= 0.3 is 0 Å². The summed E-state index contributed by atoms with van der Waals surface area (Å²) in [5, 5.41) is 5.68. The van der Waals surface area contributed by atoms with Crippen molar-refractivity contribution in [1.82, 2.24) is 15.2 Å². The number of hydrogen-bond donors (Lipinski definition) is 1. The lowest BCUT2D eigenvalue weighted by Gasteiger charge is -2.34. The molecule has 4 rings (SSSR count). The van der Waals surface area contributed by atoms with Crippen molar-refractivity contribution in [3.8, 4) is 0 Å². The minimum absolute atomic E-state index is 0. The first-order chi connectivity index (χ1) is 11.7. The van der Waals surface area contributed by atoms with Crippen molar-refractivity contribution in [3.05, 3.63) is 40.5 Å². The minimum Gasteiger partial charge on any atom is -0.314 e. The number of benzene rings is 1. The zero-order chi connectivity index (χ0) is 16.5. The van der Waals surface area contributed by atoms with Gasteiger partial charge in [0.25, 0.3) is 0 Å². The molecule has 0 bridgehead atoms. The number of aromatic nitrogens is 1. The summed E-state index contributed by atoms with van der Waals surface area (Å²) in [6, 6.07) is 9.05. The van der Waals surface area contributed by atoms with Gasteiger partial charge in [0, 0.05) is 18.0 Å². The van der Waals surface area contributed by atoms with Gasteiger partial charge in [-0.3, -0.25) is 4.90 Å². The van der Waals surface area contributed by atoms with Gasteiger partial charge in [-0.25, -0.2) is 4.98 Å². The molecular weight excluding hydrogens is 353 g/mol. The molecule has 2 saturated heterocycles. The van der Waals surface area contributed by atoms with E-state index < -0.39 is 0 Å². The number of para-hydroxylation sites is 1. The monoisotopic (exact) mass is 379 g/mol. The van der Waals surface area contributed by atoms with Crippen LogP contribution in [-0.4, -0.2) is 35.6 Å². The van der Waals surface area contributed by atoms with Crippen molar-refractivity contribution >= 4 is 34.9 Å². The largest absolute Gasteiger partial charge is 0.314 e. The molecule has 2 aliphatic heterocycles. The molecule has 0 saturated carbocycles. The Bertz CT molecular complexity index is 720. The van der Waals surface area contributed by atoms with Gasteiger partial charge in [-0.15, -0.1) is 12.4 Å². The Morgan fingerprint density at radius 3 is 2.68 bits per heavy atom. The molecule has 3 heterocycles. The zero-order valence-corrected chi connectivity index (χ0v) is 16.4. The zero-order valence-electron chi connectivity index (χ0n) is 14.8. The highest BCUT2D eigenvalue weighted by Crippen LogP contribution is 2.30. The molecular formula is C20H27Cl2N3. The molecule has 3 nitrogen and oxygen atoms in total. The van der Waals surface area contributed by atoms with Gasteiger partial charge in [0.15, 0.2) is 0 Å². The number of nitrogens with one attached hydrogen (secondary N) is 1. The van der Waals surface area contributed by atoms with E-state index >= 15 is 0 Å². The summed E-state index contributed by atoms with van der Waals surface area (Å²) >= 11 is 6.62. The topological polar surface area (TPSA) is 28.2 Å². The smallest absolute Gasteiger partial charge is 0.0740 e. The molecule has 1 aromatic carbocycles. The van der Waals surface area contributed by atoms with E-state index in [9.17, 15) is 0 Å². The highest BCUT2D eigenvalue weighted by Gasteiger charge is 2.28. The average Bonchev–Trinajstić information content (AvgIpc) is 3.15. The van der Waals surface area contributed by atoms with Crippen molar-refractivity contribution in [2.75, 3.05) is 19.6 Å². The van der Waals surface area contributed by atoms with Crippen LogP contribution in [0.1, 0.15) is 36.9 Å². The first-order valence-corrected chi connectivity index (χ1v) is 9.59. The molecule has 1 atom stereocenters. The highest BCUT2D eigenvalue weighted by molar-refractivity contribution is 6.32. The maximum Gasteiger partial charge on any atom is 0.0740 e. The maximum absolute atomic E-state index is 6.62. The van der Waals surface area contributed by atoms with E-state index in [0.29, 0.717) is 0 Å². The SMILES string of the molecule is Cc1c(Cl)c(CN2CCC(C3CCCN3)CC2)nc2ccccc12.Cl. The second-order valence-corrected chi connectivity index (χ2v) is 7.71. The molecule has 1 N–H and O–H groups in total. The Balaban J connectivity index is 0.00000182. The molecule has 25 heavy (non-hydrogen) atoms. The van der Waals surface area contributed by atoms with Gasteiger partial charge in [-0.2, -0.15) is 0 Å². The molecule has 2 aromatic rings. The van der Waals surface area contributed by atoms with E-state index in [4.69, 9.17) is 16.6 Å². The number of aryl methyl sites for hydroxylation is 1. The van der Waals surface area contributed by atoms with Crippen molar-refractivity contribution < 1.29 is 0 Å². The molecule has 1 aromatic heterocycles. The number of rotatable bonds is 3. The van der Waals surface area contributed by atoms with Crippen molar-refractivity contribution in [2.24, 2.45) is 5.92 Å². The van der Waals surface area contributed by atoms with Crippen LogP contribution in [0.2, 0.25) is 5.02 Å². The van der Waals surface area contributed by atoms with Crippen LogP contribution < -0.4 is 5.32 Å². The first-order valence-electron chi connectivity index (χ1n) is 9.22. The van der Waals surface area contributed by atoms with Crippen LogP contribution in [0.4, 0.5) is 0 Å². The van der Waals surface area contributed by atoms with Crippen molar-refractivity contribution in [1.29, 1.82) is 0 Å². The van der Waals surface area contributed by atoms with Gasteiger partial charge in [0.05, 0.1) is 16.2 Å². The van der Waals surface area contributed by atoms with Crippen LogP contribution in [0.25, 0.3) is 10.9 Å². The third-order valence-electron chi connectivity index (χ3n) is 5.82. The summed E-state index contributed by atoms with van der Waals surface area (Å²) in [7, 11) is 0. The number of fused-ring (bicyclic) bond motifs is 1. The molecule has 0 radical (unpaired) electrons. The van der Waals surface area contributed by atoms with E-state index in [2.05, 4.69) is 35.3 Å². The van der Waals surface area contributed by atoms with Crippen molar-refractivity contribution in [2.45, 2.75) is 45.2 Å². The number of halogens is 2. The summed E-state index contributed by atoms with van der Waals surface area (Å²) in [6.45, 7) is 6.50. The van der Waals surface area contributed by atoms with Crippen LogP contribution in [-0.2, 0) is 6.54 Å². The lowest BCUT2D eigenvalue weighted by atomic mass is 9.88. The lowest BCUT2D eigenvalue weighted by molar-refractivity contribution is 0.156. The van der Waals surface area contributed by atoms with Crippen molar-refractivity contribution in [3.63, 3.8) is 0 Å². The van der Waals surface area contributed by atoms with Crippen LogP contribution in [0.15, 0.2) is 24.3 Å². The Morgan fingerprint density at radius 1 is 1.20 bits per heavy atom. The van der Waals surface area contributed by atoms with E-state index in [0.717, 1.165) is 58.8 Å². The number of likely N-dealkylation sites (tertiary alicyclic amines) is 1. The summed E-state index contributed by atoms with van der Waals surface area (Å²) in [5.41, 5.74) is 3.24. The van der Waals surface area contributed by atoms with E-state index in [1.807, 2.05) is 6.07 Å². The van der Waals surface area contributed by atoms with E-state index in [1.165, 1.54) is 32.2 Å². The average molecular weight is 380 g/mol. The fourth-order valence-corrected chi connectivity index (χ4v) is 4.57. The predicted octanol–water partition coefficient (Wildman–Crippen LogP) is 4.58. The highest BCUT2D eigenvalue weighted by atomic mass is 35.5. The molecule has 0 spiro atoms.